The van der Waals surface area contributed by atoms with Crippen LogP contribution in [-0.4, -0.2) is 6.21 Å². The maximum atomic E-state index is 3.43. The minimum atomic E-state index is 0. The third-order valence-corrected chi connectivity index (χ3v) is 3.65. The normalized spacial score (nSPS) is 16.6. The molecule has 1 unspecified atom stereocenters. The molecule has 0 spiro atoms. The highest BCUT2D eigenvalue weighted by Gasteiger charge is 2.26. The van der Waals surface area contributed by atoms with Crippen LogP contribution in [0, 0.1) is 0 Å². The minimum absolute atomic E-state index is 0. The molecule has 2 aromatic rings. The Labute approximate surface area is 125 Å². The second-order valence-electron chi connectivity index (χ2n) is 4.81. The van der Waals surface area contributed by atoms with E-state index in [1.807, 2.05) is 0 Å². The molecule has 1 heterocycles. The molecular formula is C16H18IN. The van der Waals surface area contributed by atoms with Gasteiger partial charge in [0.15, 0.2) is 6.21 Å². The summed E-state index contributed by atoms with van der Waals surface area (Å²) in [5.41, 5.74) is 2.79. The monoisotopic (exact) mass is 351 g/mol. The first-order valence-electron chi connectivity index (χ1n) is 6.51. The molecule has 0 fully saturated rings. The summed E-state index contributed by atoms with van der Waals surface area (Å²) in [6.07, 6.45) is 6.08. The van der Waals surface area contributed by atoms with Crippen LogP contribution in [0.2, 0.25) is 0 Å². The average Bonchev–Trinajstić information content (AvgIpc) is 2.80. The number of hydrogen-bond acceptors (Lipinski definition) is 0. The SMILES string of the molecule is CCCCC1C=[NH+]c2ccc3ccccc3c21.[I-]. The fourth-order valence-electron chi connectivity index (χ4n) is 2.75. The second-order valence-corrected chi connectivity index (χ2v) is 4.81. The van der Waals surface area contributed by atoms with Crippen LogP contribution in [0.4, 0.5) is 5.69 Å². The molecule has 1 nitrogen and oxygen atoms in total. The number of fused-ring (bicyclic) bond motifs is 3. The van der Waals surface area contributed by atoms with Gasteiger partial charge in [-0.15, -0.1) is 0 Å². The number of halogens is 1. The van der Waals surface area contributed by atoms with Gasteiger partial charge in [0.2, 0.25) is 5.69 Å². The van der Waals surface area contributed by atoms with Gasteiger partial charge in [-0.1, -0.05) is 44.0 Å². The van der Waals surface area contributed by atoms with Gasteiger partial charge in [-0.2, -0.15) is 0 Å². The molecule has 0 saturated heterocycles. The molecule has 1 aliphatic rings. The highest BCUT2D eigenvalue weighted by atomic mass is 127. The third-order valence-electron chi connectivity index (χ3n) is 3.65. The molecule has 94 valence electrons. The van der Waals surface area contributed by atoms with E-state index in [1.54, 1.807) is 0 Å². The molecule has 3 rings (SSSR count). The Morgan fingerprint density at radius 2 is 1.94 bits per heavy atom. The lowest BCUT2D eigenvalue weighted by Crippen LogP contribution is -3.00. The van der Waals surface area contributed by atoms with Crippen molar-refractivity contribution in [1.29, 1.82) is 0 Å². The van der Waals surface area contributed by atoms with E-state index in [0.29, 0.717) is 5.92 Å². The van der Waals surface area contributed by atoms with Crippen molar-refractivity contribution < 1.29 is 29.0 Å². The van der Waals surface area contributed by atoms with Crippen molar-refractivity contribution in [3.8, 4) is 0 Å². The van der Waals surface area contributed by atoms with E-state index in [2.05, 4.69) is 54.5 Å². The Balaban J connectivity index is 0.00000120. The molecule has 1 atom stereocenters. The first-order chi connectivity index (χ1) is 8.40. The quantitative estimate of drug-likeness (QED) is 0.744. The zero-order valence-electron chi connectivity index (χ0n) is 10.6. The van der Waals surface area contributed by atoms with Gasteiger partial charge in [-0.25, -0.2) is 4.99 Å². The van der Waals surface area contributed by atoms with E-state index in [9.17, 15) is 0 Å². The molecule has 2 aromatic carbocycles. The van der Waals surface area contributed by atoms with Crippen LogP contribution in [0.5, 0.6) is 0 Å². The molecule has 0 amide bonds. The Morgan fingerprint density at radius 1 is 1.11 bits per heavy atom. The van der Waals surface area contributed by atoms with Crippen LogP contribution in [0.1, 0.15) is 37.7 Å². The Hall–Kier alpha value is -0.900. The van der Waals surface area contributed by atoms with Crippen molar-refractivity contribution in [3.63, 3.8) is 0 Å². The number of unbranched alkanes of at least 4 members (excludes halogenated alkanes) is 1. The topological polar surface area (TPSA) is 14.0 Å². The summed E-state index contributed by atoms with van der Waals surface area (Å²) in [5.74, 6) is 0.580. The van der Waals surface area contributed by atoms with Crippen molar-refractivity contribution in [1.82, 2.24) is 0 Å². The summed E-state index contributed by atoms with van der Waals surface area (Å²) in [6.45, 7) is 2.26. The summed E-state index contributed by atoms with van der Waals surface area (Å²) in [7, 11) is 0. The Kier molecular flexibility index (Phi) is 4.38. The number of benzene rings is 2. The molecule has 0 aromatic heterocycles. The van der Waals surface area contributed by atoms with Crippen LogP contribution >= 0.6 is 0 Å². The van der Waals surface area contributed by atoms with Gasteiger partial charge in [-0.3, -0.25) is 0 Å². The van der Waals surface area contributed by atoms with Crippen LogP contribution in [0.3, 0.4) is 0 Å². The summed E-state index contributed by atoms with van der Waals surface area (Å²) >= 11 is 0. The molecular weight excluding hydrogens is 333 g/mol. The average molecular weight is 351 g/mol. The van der Waals surface area contributed by atoms with Crippen molar-refractivity contribution in [2.75, 3.05) is 0 Å². The van der Waals surface area contributed by atoms with E-state index in [4.69, 9.17) is 0 Å². The van der Waals surface area contributed by atoms with Gasteiger partial charge in [0.25, 0.3) is 0 Å². The van der Waals surface area contributed by atoms with E-state index < -0.39 is 0 Å². The van der Waals surface area contributed by atoms with E-state index in [0.717, 1.165) is 0 Å². The Morgan fingerprint density at radius 3 is 2.78 bits per heavy atom. The predicted molar refractivity (Wildman–Crippen MR) is 72.9 cm³/mol. The van der Waals surface area contributed by atoms with Gasteiger partial charge in [-0.05, 0) is 23.3 Å². The number of hydrogen-bond donors (Lipinski definition) is 1. The van der Waals surface area contributed by atoms with E-state index in [1.165, 1.54) is 41.3 Å². The number of rotatable bonds is 3. The molecule has 0 aliphatic carbocycles. The highest BCUT2D eigenvalue weighted by molar-refractivity contribution is 5.93. The summed E-state index contributed by atoms with van der Waals surface area (Å²) in [5, 5.41) is 2.76. The maximum Gasteiger partial charge on any atom is 0.207 e. The van der Waals surface area contributed by atoms with Crippen molar-refractivity contribution in [2.45, 2.75) is 32.1 Å². The van der Waals surface area contributed by atoms with Gasteiger partial charge in [0, 0.05) is 11.6 Å². The van der Waals surface area contributed by atoms with Crippen molar-refractivity contribution in [3.05, 3.63) is 42.0 Å². The summed E-state index contributed by atoms with van der Waals surface area (Å²) in [6, 6.07) is 13.1. The van der Waals surface area contributed by atoms with E-state index >= 15 is 0 Å². The molecule has 18 heavy (non-hydrogen) atoms. The van der Waals surface area contributed by atoms with Gasteiger partial charge < -0.3 is 24.0 Å². The smallest absolute Gasteiger partial charge is 0.207 e. The summed E-state index contributed by atoms with van der Waals surface area (Å²) in [4.78, 5) is 3.43. The molecule has 1 N–H and O–H groups in total. The maximum absolute atomic E-state index is 3.43. The standard InChI is InChI=1S/C16H17N.HI/c1-2-3-6-13-11-17-15-10-9-12-7-4-5-8-14(12)16(13)15;/h4-5,7-11,13H,2-3,6H2,1H3;1H. The molecule has 0 saturated carbocycles. The first kappa shape index (κ1) is 13.5. The summed E-state index contributed by atoms with van der Waals surface area (Å²) < 4.78 is 0. The fraction of sp³-hybridized carbons (Fsp3) is 0.312. The predicted octanol–water partition coefficient (Wildman–Crippen LogP) is -0.0859. The highest BCUT2D eigenvalue weighted by Crippen LogP contribution is 2.33. The lowest BCUT2D eigenvalue weighted by Gasteiger charge is -2.08. The van der Waals surface area contributed by atoms with Gasteiger partial charge in [0.1, 0.15) is 0 Å². The zero-order valence-corrected chi connectivity index (χ0v) is 12.8. The lowest BCUT2D eigenvalue weighted by molar-refractivity contribution is -0.344. The second kappa shape index (κ2) is 5.83. The van der Waals surface area contributed by atoms with Gasteiger partial charge in [0.05, 0.1) is 5.92 Å². The zero-order chi connectivity index (χ0) is 11.7. The van der Waals surface area contributed by atoms with Gasteiger partial charge >= 0.3 is 0 Å². The van der Waals surface area contributed by atoms with Crippen LogP contribution in [0.15, 0.2) is 36.4 Å². The van der Waals surface area contributed by atoms with Crippen molar-refractivity contribution >= 4 is 22.7 Å². The first-order valence-corrected chi connectivity index (χ1v) is 6.51. The van der Waals surface area contributed by atoms with Crippen LogP contribution in [0.25, 0.3) is 10.8 Å². The third kappa shape index (κ3) is 2.30. The largest absolute Gasteiger partial charge is 1.00 e. The molecule has 0 radical (unpaired) electrons. The fourth-order valence-corrected chi connectivity index (χ4v) is 2.75. The lowest BCUT2D eigenvalue weighted by atomic mass is 9.91. The number of nitrogens with one attached hydrogen (secondary N) is 1. The minimum Gasteiger partial charge on any atom is -1.00 e. The molecule has 2 heteroatoms. The molecule has 0 bridgehead atoms. The van der Waals surface area contributed by atoms with E-state index in [-0.39, 0.29) is 24.0 Å². The van der Waals surface area contributed by atoms with Crippen LogP contribution in [-0.2, 0) is 0 Å². The van der Waals surface area contributed by atoms with Crippen LogP contribution < -0.4 is 29.0 Å². The molecule has 1 aliphatic heterocycles. The Bertz CT molecular complexity index is 574. The van der Waals surface area contributed by atoms with Crippen molar-refractivity contribution in [2.24, 2.45) is 0 Å².